The van der Waals surface area contributed by atoms with Gasteiger partial charge in [0.2, 0.25) is 0 Å². The van der Waals surface area contributed by atoms with E-state index in [9.17, 15) is 14.4 Å². The first-order chi connectivity index (χ1) is 12.5. The zero-order chi connectivity index (χ0) is 18.5. The second kappa shape index (κ2) is 7.71. The molecule has 26 heavy (non-hydrogen) atoms. The summed E-state index contributed by atoms with van der Waals surface area (Å²) in [4.78, 5) is 39.9. The Labute approximate surface area is 152 Å². The molecule has 0 aliphatic rings. The van der Waals surface area contributed by atoms with E-state index in [1.54, 1.807) is 48.5 Å². The van der Waals surface area contributed by atoms with Crippen molar-refractivity contribution in [2.45, 2.75) is 0 Å². The number of H-pyrrole nitrogens is 2. The van der Waals surface area contributed by atoms with Crippen molar-refractivity contribution in [1.82, 2.24) is 9.97 Å². The molecule has 0 aliphatic heterocycles. The summed E-state index contributed by atoms with van der Waals surface area (Å²) in [7, 11) is 0. The number of aromatic nitrogens is 2. The lowest BCUT2D eigenvalue weighted by molar-refractivity contribution is -0.142. The maximum atomic E-state index is 11.9. The van der Waals surface area contributed by atoms with Crippen LogP contribution in [0.3, 0.4) is 0 Å². The quantitative estimate of drug-likeness (QED) is 0.473. The van der Waals surface area contributed by atoms with Crippen molar-refractivity contribution in [2.24, 2.45) is 0 Å². The number of anilines is 1. The zero-order valence-electron chi connectivity index (χ0n) is 13.4. The first kappa shape index (κ1) is 17.5. The van der Waals surface area contributed by atoms with Crippen LogP contribution in [0.4, 0.5) is 5.69 Å². The van der Waals surface area contributed by atoms with Gasteiger partial charge in [-0.15, -0.1) is 0 Å². The Balaban J connectivity index is 1.51. The average molecular weight is 372 g/mol. The standard InChI is InChI=1S/C18H14ClN3O4/c19-12-4-1-11(2-5-12)3-8-17(24)26-10-16(23)20-13-6-7-14-15(9-13)22-18(25)21-14/h1-9H,10H2,(H,20,23)(H2,21,22,25)/b8-3-. The number of ether oxygens (including phenoxy) is 1. The molecule has 1 aromatic heterocycles. The minimum Gasteiger partial charge on any atom is -0.452 e. The van der Waals surface area contributed by atoms with Crippen molar-refractivity contribution in [3.63, 3.8) is 0 Å². The Morgan fingerprint density at radius 2 is 1.81 bits per heavy atom. The van der Waals surface area contributed by atoms with E-state index in [0.29, 0.717) is 21.7 Å². The molecule has 1 amide bonds. The number of halogens is 1. The van der Waals surface area contributed by atoms with Gasteiger partial charge in [-0.25, -0.2) is 9.59 Å². The smallest absolute Gasteiger partial charge is 0.331 e. The summed E-state index contributed by atoms with van der Waals surface area (Å²) >= 11 is 5.78. The molecular formula is C18H14ClN3O4. The van der Waals surface area contributed by atoms with Gasteiger partial charge >= 0.3 is 11.7 Å². The number of rotatable bonds is 5. The highest BCUT2D eigenvalue weighted by molar-refractivity contribution is 6.30. The molecule has 0 spiro atoms. The normalized spacial score (nSPS) is 11.0. The molecular weight excluding hydrogens is 358 g/mol. The van der Waals surface area contributed by atoms with Gasteiger partial charge in [-0.1, -0.05) is 23.7 Å². The van der Waals surface area contributed by atoms with Crippen LogP contribution in [0.2, 0.25) is 5.02 Å². The van der Waals surface area contributed by atoms with Gasteiger partial charge in [0.05, 0.1) is 11.0 Å². The molecule has 3 aromatic rings. The van der Waals surface area contributed by atoms with Crippen LogP contribution in [0, 0.1) is 0 Å². The first-order valence-electron chi connectivity index (χ1n) is 7.62. The molecule has 0 atom stereocenters. The van der Waals surface area contributed by atoms with Crippen LogP contribution in [0.25, 0.3) is 17.1 Å². The Bertz CT molecular complexity index is 1030. The second-order valence-corrected chi connectivity index (χ2v) is 5.82. The molecule has 0 saturated heterocycles. The number of amides is 1. The summed E-state index contributed by atoms with van der Waals surface area (Å²) in [5.74, 6) is -1.13. The highest BCUT2D eigenvalue weighted by Crippen LogP contribution is 2.14. The zero-order valence-corrected chi connectivity index (χ0v) is 14.2. The number of nitrogens with one attached hydrogen (secondary N) is 3. The van der Waals surface area contributed by atoms with Crippen LogP contribution in [-0.4, -0.2) is 28.5 Å². The molecule has 7 nitrogen and oxygen atoms in total. The van der Waals surface area contributed by atoms with Gasteiger partial charge in [-0.05, 0) is 42.0 Å². The van der Waals surface area contributed by atoms with Crippen molar-refractivity contribution in [3.05, 3.63) is 69.6 Å². The molecule has 3 N–H and O–H groups in total. The minimum atomic E-state index is -0.638. The molecule has 0 unspecified atom stereocenters. The van der Waals surface area contributed by atoms with Crippen molar-refractivity contribution in [3.8, 4) is 0 Å². The molecule has 0 fully saturated rings. The number of aromatic amines is 2. The maximum Gasteiger partial charge on any atom is 0.331 e. The van der Waals surface area contributed by atoms with E-state index in [1.807, 2.05) is 0 Å². The van der Waals surface area contributed by atoms with E-state index in [4.69, 9.17) is 16.3 Å². The lowest BCUT2D eigenvalue weighted by Crippen LogP contribution is -2.20. The van der Waals surface area contributed by atoms with Crippen molar-refractivity contribution in [1.29, 1.82) is 0 Å². The fourth-order valence-corrected chi connectivity index (χ4v) is 2.36. The van der Waals surface area contributed by atoms with E-state index in [1.165, 1.54) is 6.08 Å². The molecule has 2 aromatic carbocycles. The number of benzene rings is 2. The van der Waals surface area contributed by atoms with Gasteiger partial charge in [0.25, 0.3) is 5.91 Å². The molecule has 1 heterocycles. The highest BCUT2D eigenvalue weighted by atomic mass is 35.5. The SMILES string of the molecule is O=C(COC(=O)/C=C\c1ccc(Cl)cc1)Nc1ccc2[nH]c(=O)[nH]c2c1. The number of fused-ring (bicyclic) bond motifs is 1. The monoisotopic (exact) mass is 371 g/mol. The third-order valence-corrected chi connectivity index (χ3v) is 3.68. The Morgan fingerprint density at radius 1 is 1.08 bits per heavy atom. The molecule has 0 saturated carbocycles. The predicted molar refractivity (Wildman–Crippen MR) is 99.0 cm³/mol. The first-order valence-corrected chi connectivity index (χ1v) is 8.00. The molecule has 0 aliphatic carbocycles. The Kier molecular flexibility index (Phi) is 5.19. The summed E-state index contributed by atoms with van der Waals surface area (Å²) in [5, 5.41) is 3.19. The van der Waals surface area contributed by atoms with E-state index in [2.05, 4.69) is 15.3 Å². The van der Waals surface area contributed by atoms with Crippen LogP contribution in [-0.2, 0) is 14.3 Å². The van der Waals surface area contributed by atoms with Crippen LogP contribution in [0.5, 0.6) is 0 Å². The van der Waals surface area contributed by atoms with Crippen molar-refractivity contribution >= 4 is 46.3 Å². The van der Waals surface area contributed by atoms with Crippen molar-refractivity contribution < 1.29 is 14.3 Å². The van der Waals surface area contributed by atoms with Crippen LogP contribution >= 0.6 is 11.6 Å². The predicted octanol–water partition coefficient (Wildman–Crippen LogP) is 2.70. The van der Waals surface area contributed by atoms with Gasteiger partial charge in [0.1, 0.15) is 0 Å². The number of imidazole rings is 1. The average Bonchev–Trinajstić information content (AvgIpc) is 2.99. The third kappa shape index (κ3) is 4.61. The number of carbonyl (C=O) groups excluding carboxylic acids is 2. The van der Waals surface area contributed by atoms with Crippen LogP contribution in [0.15, 0.2) is 53.3 Å². The summed E-state index contributed by atoms with van der Waals surface area (Å²) in [6.45, 7) is -0.425. The Hall–Kier alpha value is -3.32. The Morgan fingerprint density at radius 3 is 2.58 bits per heavy atom. The lowest BCUT2D eigenvalue weighted by atomic mass is 10.2. The summed E-state index contributed by atoms with van der Waals surface area (Å²) in [6.07, 6.45) is 2.79. The molecule has 3 rings (SSSR count). The summed E-state index contributed by atoms with van der Waals surface area (Å²) < 4.78 is 4.89. The van der Waals surface area contributed by atoms with Crippen LogP contribution in [0.1, 0.15) is 5.56 Å². The van der Waals surface area contributed by atoms with E-state index < -0.39 is 18.5 Å². The van der Waals surface area contributed by atoms with E-state index in [0.717, 1.165) is 5.56 Å². The fourth-order valence-electron chi connectivity index (χ4n) is 2.23. The minimum absolute atomic E-state index is 0.329. The topological polar surface area (TPSA) is 104 Å². The van der Waals surface area contributed by atoms with Gasteiger partial charge in [-0.3, -0.25) is 4.79 Å². The highest BCUT2D eigenvalue weighted by Gasteiger charge is 2.07. The number of hydrogen-bond acceptors (Lipinski definition) is 4. The van der Waals surface area contributed by atoms with E-state index in [-0.39, 0.29) is 5.69 Å². The molecule has 132 valence electrons. The van der Waals surface area contributed by atoms with Gasteiger partial charge in [0, 0.05) is 16.8 Å². The number of hydrogen-bond donors (Lipinski definition) is 3. The largest absolute Gasteiger partial charge is 0.452 e. The van der Waals surface area contributed by atoms with Gasteiger partial charge in [0.15, 0.2) is 6.61 Å². The molecule has 0 bridgehead atoms. The fraction of sp³-hybridized carbons (Fsp3) is 0.0556. The van der Waals surface area contributed by atoms with E-state index >= 15 is 0 Å². The lowest BCUT2D eigenvalue weighted by Gasteiger charge is -2.05. The van der Waals surface area contributed by atoms with Gasteiger partial charge in [-0.2, -0.15) is 0 Å². The van der Waals surface area contributed by atoms with Crippen molar-refractivity contribution in [2.75, 3.05) is 11.9 Å². The molecule has 8 heteroatoms. The second-order valence-electron chi connectivity index (χ2n) is 5.38. The van der Waals surface area contributed by atoms with Gasteiger partial charge < -0.3 is 20.0 Å². The summed E-state index contributed by atoms with van der Waals surface area (Å²) in [5.41, 5.74) is 2.13. The third-order valence-electron chi connectivity index (χ3n) is 3.43. The number of esters is 1. The maximum absolute atomic E-state index is 11.9. The number of carbonyl (C=O) groups is 2. The van der Waals surface area contributed by atoms with Crippen LogP contribution < -0.4 is 11.0 Å². The summed E-state index contributed by atoms with van der Waals surface area (Å²) in [6, 6.07) is 11.8. The molecule has 0 radical (unpaired) electrons.